The number of carbonyl (C=O) groups excluding carboxylic acids is 1. The van der Waals surface area contributed by atoms with Crippen LogP contribution in [0.25, 0.3) is 10.9 Å². The Morgan fingerprint density at radius 2 is 1.96 bits per heavy atom. The molecule has 7 nitrogen and oxygen atoms in total. The molecule has 0 aliphatic rings. The van der Waals surface area contributed by atoms with Crippen LogP contribution in [0.1, 0.15) is 5.56 Å². The topological polar surface area (TPSA) is 81.0 Å². The largest absolute Gasteiger partial charge is 0.483 e. The average molecular weight is 336 g/mol. The van der Waals surface area contributed by atoms with Crippen molar-refractivity contribution in [3.05, 3.63) is 36.0 Å². The zero-order valence-corrected chi connectivity index (χ0v) is 14.3. The zero-order chi connectivity index (χ0) is 17.9. The van der Waals surface area contributed by atoms with Crippen molar-refractivity contribution in [1.29, 1.82) is 0 Å². The number of nitrogens with zero attached hydrogens (tertiary/aromatic N) is 2. The van der Waals surface area contributed by atoms with Gasteiger partial charge in [-0.15, -0.1) is 0 Å². The first-order valence-corrected chi connectivity index (χ1v) is 7.52. The second-order valence-corrected chi connectivity index (χ2v) is 5.31. The Hall–Kier alpha value is -2.38. The summed E-state index contributed by atoms with van der Waals surface area (Å²) in [7, 11) is 5.66. The van der Waals surface area contributed by atoms with Crippen molar-refractivity contribution in [2.45, 2.75) is 6.42 Å². The van der Waals surface area contributed by atoms with Crippen LogP contribution in [0.5, 0.6) is 0 Å². The fourth-order valence-corrected chi connectivity index (χ4v) is 2.23. The van der Waals surface area contributed by atoms with Crippen LogP contribution in [0.3, 0.4) is 0 Å². The Morgan fingerprint density at radius 1 is 1.29 bits per heavy atom. The molecule has 0 fully saturated rings. The molecule has 1 aromatic heterocycles. The molecule has 7 heteroatoms. The van der Waals surface area contributed by atoms with Crippen molar-refractivity contribution < 1.29 is 24.2 Å². The van der Waals surface area contributed by atoms with Crippen molar-refractivity contribution in [3.8, 4) is 0 Å². The zero-order valence-electron chi connectivity index (χ0n) is 14.3. The molecule has 0 bridgehead atoms. The fourth-order valence-electron chi connectivity index (χ4n) is 2.23. The summed E-state index contributed by atoms with van der Waals surface area (Å²) in [4.78, 5) is 22.6. The molecule has 1 heterocycles. The molecule has 2 rings (SSSR count). The number of benzene rings is 1. The molecule has 1 aromatic carbocycles. The van der Waals surface area contributed by atoms with Gasteiger partial charge in [0, 0.05) is 25.2 Å². The predicted molar refractivity (Wildman–Crippen MR) is 91.5 cm³/mol. The van der Waals surface area contributed by atoms with Crippen LogP contribution in [0, 0.1) is 0 Å². The Morgan fingerprint density at radius 3 is 2.58 bits per heavy atom. The lowest BCUT2D eigenvalue weighted by atomic mass is 10.1. The standard InChI is InChI=1S/C16H22N2O3.CH2O2/c1-17(2)9-8-13-12-18(16(19)21-11-10-20-3)15-7-5-4-6-14(13)15;2-1-3/h4-7,12H,8-11H2,1-3H3;1H,(H,2,3). The van der Waals surface area contributed by atoms with E-state index >= 15 is 0 Å². The van der Waals surface area contributed by atoms with Gasteiger partial charge in [0.15, 0.2) is 0 Å². The van der Waals surface area contributed by atoms with Gasteiger partial charge < -0.3 is 19.5 Å². The Labute approximate surface area is 141 Å². The van der Waals surface area contributed by atoms with E-state index < -0.39 is 0 Å². The van der Waals surface area contributed by atoms with Crippen LogP contribution >= 0.6 is 0 Å². The molecular formula is C17H24N2O5. The summed E-state index contributed by atoms with van der Waals surface area (Å²) in [6.07, 6.45) is 2.41. The SMILES string of the molecule is COCCOC(=O)n1cc(CCN(C)C)c2ccccc21.O=CO. The number of likely N-dealkylation sites (N-methyl/N-ethyl adjacent to an activating group) is 1. The maximum absolute atomic E-state index is 12.2. The molecule has 0 unspecified atom stereocenters. The molecule has 0 saturated heterocycles. The Bertz CT molecular complexity index is 651. The van der Waals surface area contributed by atoms with Gasteiger partial charge in [0.05, 0.1) is 12.1 Å². The number of carboxylic acid groups (broad SMARTS) is 1. The summed E-state index contributed by atoms with van der Waals surface area (Å²) in [5, 5.41) is 7.99. The lowest BCUT2D eigenvalue weighted by Crippen LogP contribution is -2.16. The third-order valence-corrected chi connectivity index (χ3v) is 3.33. The number of hydrogen-bond acceptors (Lipinski definition) is 5. The molecule has 0 aliphatic carbocycles. The van der Waals surface area contributed by atoms with Crippen molar-refractivity contribution in [1.82, 2.24) is 9.47 Å². The fraction of sp³-hybridized carbons (Fsp3) is 0.412. The van der Waals surface area contributed by atoms with Gasteiger partial charge in [-0.1, -0.05) is 18.2 Å². The number of ether oxygens (including phenoxy) is 2. The maximum atomic E-state index is 12.2. The van der Waals surface area contributed by atoms with E-state index in [0.29, 0.717) is 6.61 Å². The van der Waals surface area contributed by atoms with E-state index in [1.54, 1.807) is 11.7 Å². The second-order valence-electron chi connectivity index (χ2n) is 5.31. The van der Waals surface area contributed by atoms with E-state index in [1.165, 1.54) is 0 Å². The number of aromatic nitrogens is 1. The van der Waals surface area contributed by atoms with Gasteiger partial charge in [0.1, 0.15) is 6.61 Å². The Balaban J connectivity index is 0.000000891. The number of hydrogen-bond donors (Lipinski definition) is 1. The van der Waals surface area contributed by atoms with E-state index in [4.69, 9.17) is 19.4 Å². The summed E-state index contributed by atoms with van der Waals surface area (Å²) in [5.74, 6) is 0. The highest BCUT2D eigenvalue weighted by atomic mass is 16.6. The van der Waals surface area contributed by atoms with E-state index in [-0.39, 0.29) is 19.2 Å². The van der Waals surface area contributed by atoms with Gasteiger partial charge in [0.25, 0.3) is 6.47 Å². The quantitative estimate of drug-likeness (QED) is 0.642. The highest BCUT2D eigenvalue weighted by Crippen LogP contribution is 2.22. The second kappa shape index (κ2) is 10.4. The van der Waals surface area contributed by atoms with Crippen molar-refractivity contribution in [3.63, 3.8) is 0 Å². The van der Waals surface area contributed by atoms with Crippen LogP contribution in [-0.2, 0) is 20.7 Å². The van der Waals surface area contributed by atoms with E-state index in [0.717, 1.165) is 29.4 Å². The molecule has 2 aromatic rings. The average Bonchev–Trinajstić information content (AvgIpc) is 2.93. The molecule has 0 radical (unpaired) electrons. The number of fused-ring (bicyclic) bond motifs is 1. The summed E-state index contributed by atoms with van der Waals surface area (Å²) in [6, 6.07) is 7.89. The summed E-state index contributed by atoms with van der Waals surface area (Å²) in [6.45, 7) is 1.35. The molecule has 0 spiro atoms. The maximum Gasteiger partial charge on any atom is 0.418 e. The molecular weight excluding hydrogens is 312 g/mol. The van der Waals surface area contributed by atoms with Crippen molar-refractivity contribution >= 4 is 23.5 Å². The molecule has 1 N–H and O–H groups in total. The third kappa shape index (κ3) is 5.68. The molecule has 0 amide bonds. The number of carbonyl (C=O) groups is 2. The van der Waals surface area contributed by atoms with Crippen molar-refractivity contribution in [2.75, 3.05) is 41.0 Å². The molecule has 0 aliphatic heterocycles. The number of para-hydroxylation sites is 1. The van der Waals surface area contributed by atoms with Crippen LogP contribution < -0.4 is 0 Å². The van der Waals surface area contributed by atoms with Gasteiger partial charge in [-0.3, -0.25) is 9.36 Å². The van der Waals surface area contributed by atoms with Gasteiger partial charge in [-0.05, 0) is 32.1 Å². The predicted octanol–water partition coefficient (Wildman–Crippen LogP) is 2.08. The Kier molecular flexibility index (Phi) is 8.53. The van der Waals surface area contributed by atoms with Crippen LogP contribution in [0.15, 0.2) is 30.5 Å². The minimum atomic E-state index is -0.362. The normalized spacial score (nSPS) is 10.3. The minimum Gasteiger partial charge on any atom is -0.483 e. The van der Waals surface area contributed by atoms with E-state index in [1.807, 2.05) is 44.6 Å². The monoisotopic (exact) mass is 336 g/mol. The van der Waals surface area contributed by atoms with E-state index in [2.05, 4.69) is 4.90 Å². The molecule has 0 saturated carbocycles. The molecule has 24 heavy (non-hydrogen) atoms. The van der Waals surface area contributed by atoms with Gasteiger partial charge in [-0.25, -0.2) is 4.79 Å². The third-order valence-electron chi connectivity index (χ3n) is 3.33. The van der Waals surface area contributed by atoms with Gasteiger partial charge in [-0.2, -0.15) is 0 Å². The highest BCUT2D eigenvalue weighted by molar-refractivity contribution is 5.91. The lowest BCUT2D eigenvalue weighted by molar-refractivity contribution is -0.122. The summed E-state index contributed by atoms with van der Waals surface area (Å²) >= 11 is 0. The molecule has 0 atom stereocenters. The number of methoxy groups -OCH3 is 1. The summed E-state index contributed by atoms with van der Waals surface area (Å²) < 4.78 is 11.7. The smallest absolute Gasteiger partial charge is 0.418 e. The van der Waals surface area contributed by atoms with Gasteiger partial charge >= 0.3 is 6.09 Å². The molecule has 132 valence electrons. The number of rotatable bonds is 6. The van der Waals surface area contributed by atoms with E-state index in [9.17, 15) is 4.79 Å². The minimum absolute atomic E-state index is 0.250. The summed E-state index contributed by atoms with van der Waals surface area (Å²) in [5.41, 5.74) is 2.04. The van der Waals surface area contributed by atoms with Crippen LogP contribution in [-0.4, -0.2) is 68.1 Å². The van der Waals surface area contributed by atoms with Crippen LogP contribution in [0.2, 0.25) is 0 Å². The van der Waals surface area contributed by atoms with Gasteiger partial charge in [0.2, 0.25) is 0 Å². The first-order chi connectivity index (χ1) is 11.5. The highest BCUT2D eigenvalue weighted by Gasteiger charge is 2.14. The first-order valence-electron chi connectivity index (χ1n) is 7.52. The first kappa shape index (κ1) is 19.7. The lowest BCUT2D eigenvalue weighted by Gasteiger charge is -2.07. The van der Waals surface area contributed by atoms with Crippen molar-refractivity contribution in [2.24, 2.45) is 0 Å². The van der Waals surface area contributed by atoms with Crippen LogP contribution in [0.4, 0.5) is 4.79 Å².